The van der Waals surface area contributed by atoms with Crippen LogP contribution in [0.4, 0.5) is 0 Å². The molecule has 162 valence electrons. The first kappa shape index (κ1) is 23.9. The SMILES string of the molecule is CC#CC(c1cc(C)cc(C(C)(C)CC)c1O)c1cc(C)cc(C(C)(C)CC)c1O. The van der Waals surface area contributed by atoms with E-state index in [1.165, 1.54) is 0 Å². The van der Waals surface area contributed by atoms with Gasteiger partial charge in [0.2, 0.25) is 0 Å². The first-order valence-corrected chi connectivity index (χ1v) is 11.0. The van der Waals surface area contributed by atoms with E-state index in [1.54, 1.807) is 6.92 Å². The molecule has 0 radical (unpaired) electrons. The van der Waals surface area contributed by atoms with Gasteiger partial charge < -0.3 is 10.2 Å². The average molecular weight is 407 g/mol. The highest BCUT2D eigenvalue weighted by Crippen LogP contribution is 2.45. The van der Waals surface area contributed by atoms with E-state index in [0.29, 0.717) is 0 Å². The monoisotopic (exact) mass is 406 g/mol. The van der Waals surface area contributed by atoms with Crippen molar-refractivity contribution in [3.05, 3.63) is 57.6 Å². The second kappa shape index (κ2) is 8.76. The molecule has 0 saturated carbocycles. The second-order valence-electron chi connectivity index (χ2n) is 9.80. The first-order valence-electron chi connectivity index (χ1n) is 11.0. The average Bonchev–Trinajstić information content (AvgIpc) is 2.69. The van der Waals surface area contributed by atoms with E-state index in [9.17, 15) is 10.2 Å². The van der Waals surface area contributed by atoms with Crippen LogP contribution in [0.1, 0.15) is 101 Å². The molecule has 2 heteroatoms. The third-order valence-corrected chi connectivity index (χ3v) is 6.70. The highest BCUT2D eigenvalue weighted by atomic mass is 16.3. The largest absolute Gasteiger partial charge is 0.507 e. The third kappa shape index (κ3) is 4.51. The number of phenolic OH excluding ortho intramolecular Hbond substituents is 2. The van der Waals surface area contributed by atoms with Gasteiger partial charge in [-0.15, -0.1) is 5.92 Å². The molecular formula is C28H38O2. The van der Waals surface area contributed by atoms with Crippen molar-refractivity contribution < 1.29 is 10.2 Å². The molecule has 0 heterocycles. The van der Waals surface area contributed by atoms with Gasteiger partial charge in [0.25, 0.3) is 0 Å². The molecule has 0 spiro atoms. The number of benzene rings is 2. The molecule has 2 aromatic carbocycles. The highest BCUT2D eigenvalue weighted by Gasteiger charge is 2.30. The maximum absolute atomic E-state index is 11.3. The van der Waals surface area contributed by atoms with Gasteiger partial charge in [-0.2, -0.15) is 0 Å². The molecular weight excluding hydrogens is 368 g/mol. The van der Waals surface area contributed by atoms with Gasteiger partial charge in [-0.05, 0) is 44.4 Å². The molecule has 2 aromatic rings. The summed E-state index contributed by atoms with van der Waals surface area (Å²) < 4.78 is 0. The van der Waals surface area contributed by atoms with Crippen molar-refractivity contribution in [3.8, 4) is 23.3 Å². The van der Waals surface area contributed by atoms with Crippen molar-refractivity contribution in [3.63, 3.8) is 0 Å². The summed E-state index contributed by atoms with van der Waals surface area (Å²) >= 11 is 0. The Bertz CT molecular complexity index is 912. The summed E-state index contributed by atoms with van der Waals surface area (Å²) in [4.78, 5) is 0. The lowest BCUT2D eigenvalue weighted by atomic mass is 9.76. The number of rotatable bonds is 6. The first-order chi connectivity index (χ1) is 13.9. The lowest BCUT2D eigenvalue weighted by Crippen LogP contribution is -2.18. The van der Waals surface area contributed by atoms with Crippen LogP contribution < -0.4 is 0 Å². The minimum absolute atomic E-state index is 0.154. The molecule has 2 nitrogen and oxygen atoms in total. The highest BCUT2D eigenvalue weighted by molar-refractivity contribution is 5.59. The van der Waals surface area contributed by atoms with E-state index in [1.807, 2.05) is 12.1 Å². The van der Waals surface area contributed by atoms with E-state index in [2.05, 4.69) is 79.4 Å². The fourth-order valence-corrected chi connectivity index (χ4v) is 3.93. The van der Waals surface area contributed by atoms with Crippen molar-refractivity contribution >= 4 is 0 Å². The molecule has 2 rings (SSSR count). The Kier molecular flexibility index (Phi) is 6.97. The fourth-order valence-electron chi connectivity index (χ4n) is 3.93. The smallest absolute Gasteiger partial charge is 0.124 e. The van der Waals surface area contributed by atoms with Crippen molar-refractivity contribution in [1.29, 1.82) is 0 Å². The zero-order valence-corrected chi connectivity index (χ0v) is 20.2. The maximum atomic E-state index is 11.3. The van der Waals surface area contributed by atoms with Crippen LogP contribution in [-0.2, 0) is 10.8 Å². The van der Waals surface area contributed by atoms with Gasteiger partial charge in [0, 0.05) is 22.3 Å². The molecule has 0 fully saturated rings. The van der Waals surface area contributed by atoms with Crippen LogP contribution in [0.15, 0.2) is 24.3 Å². The molecule has 0 aromatic heterocycles. The second-order valence-corrected chi connectivity index (χ2v) is 9.80. The molecule has 0 aliphatic carbocycles. The van der Waals surface area contributed by atoms with E-state index >= 15 is 0 Å². The number of aryl methyl sites for hydroxylation is 2. The van der Waals surface area contributed by atoms with Crippen LogP contribution in [-0.4, -0.2) is 10.2 Å². The summed E-state index contributed by atoms with van der Waals surface area (Å²) in [5.41, 5.74) is 5.27. The Morgan fingerprint density at radius 1 is 0.767 bits per heavy atom. The summed E-state index contributed by atoms with van der Waals surface area (Å²) in [6.07, 6.45) is 1.83. The third-order valence-electron chi connectivity index (χ3n) is 6.70. The molecule has 30 heavy (non-hydrogen) atoms. The Hall–Kier alpha value is -2.40. The van der Waals surface area contributed by atoms with E-state index in [-0.39, 0.29) is 22.3 Å². The molecule has 0 amide bonds. The van der Waals surface area contributed by atoms with Crippen LogP contribution in [0, 0.1) is 25.7 Å². The van der Waals surface area contributed by atoms with Crippen molar-refractivity contribution in [1.82, 2.24) is 0 Å². The summed E-state index contributed by atoms with van der Waals surface area (Å²) in [6, 6.07) is 8.15. The van der Waals surface area contributed by atoms with Gasteiger partial charge in [-0.25, -0.2) is 0 Å². The van der Waals surface area contributed by atoms with Crippen molar-refractivity contribution in [2.24, 2.45) is 0 Å². The van der Waals surface area contributed by atoms with Crippen LogP contribution in [0.25, 0.3) is 0 Å². The number of hydrogen-bond acceptors (Lipinski definition) is 2. The Labute approximate surface area is 183 Å². The molecule has 0 bridgehead atoms. The predicted octanol–water partition coefficient (Wildman–Crippen LogP) is 7.25. The van der Waals surface area contributed by atoms with Gasteiger partial charge in [0.15, 0.2) is 0 Å². The van der Waals surface area contributed by atoms with Gasteiger partial charge >= 0.3 is 0 Å². The van der Waals surface area contributed by atoms with E-state index in [4.69, 9.17) is 0 Å². The maximum Gasteiger partial charge on any atom is 0.124 e. The molecule has 2 N–H and O–H groups in total. The van der Waals surface area contributed by atoms with Gasteiger partial charge in [-0.1, -0.05) is 82.9 Å². The summed E-state index contributed by atoms with van der Waals surface area (Å²) in [5.74, 6) is 6.49. The molecule has 0 unspecified atom stereocenters. The number of aromatic hydroxyl groups is 2. The molecule has 0 atom stereocenters. The standard InChI is InChI=1S/C28H38O2/c1-10-13-20(21-14-18(4)16-23(25(21)29)27(6,7)11-2)22-15-19(5)17-24(26(22)30)28(8,9)12-3/h14-17,20,29-30H,11-12H2,1-9H3. The summed E-state index contributed by atoms with van der Waals surface area (Å²) in [5, 5.41) is 22.6. The van der Waals surface area contributed by atoms with Crippen LogP contribution in [0.2, 0.25) is 0 Å². The van der Waals surface area contributed by atoms with Crippen LogP contribution in [0.5, 0.6) is 11.5 Å². The normalized spacial score (nSPS) is 12.1. The molecule has 0 saturated heterocycles. The quantitative estimate of drug-likeness (QED) is 0.496. The summed E-state index contributed by atoms with van der Waals surface area (Å²) in [6.45, 7) is 18.8. The Morgan fingerprint density at radius 3 is 1.43 bits per heavy atom. The van der Waals surface area contributed by atoms with Gasteiger partial charge in [-0.3, -0.25) is 0 Å². The summed E-state index contributed by atoms with van der Waals surface area (Å²) in [7, 11) is 0. The predicted molar refractivity (Wildman–Crippen MR) is 128 cm³/mol. The van der Waals surface area contributed by atoms with E-state index in [0.717, 1.165) is 46.2 Å². The van der Waals surface area contributed by atoms with Gasteiger partial charge in [0.1, 0.15) is 11.5 Å². The lowest BCUT2D eigenvalue weighted by molar-refractivity contribution is 0.417. The number of hydrogen-bond donors (Lipinski definition) is 2. The number of phenols is 2. The molecule has 0 aliphatic heterocycles. The van der Waals surface area contributed by atoms with Crippen molar-refractivity contribution in [2.75, 3.05) is 0 Å². The fraction of sp³-hybridized carbons (Fsp3) is 0.500. The van der Waals surface area contributed by atoms with Crippen LogP contribution in [0.3, 0.4) is 0 Å². The van der Waals surface area contributed by atoms with Gasteiger partial charge in [0.05, 0.1) is 5.92 Å². The van der Waals surface area contributed by atoms with Crippen LogP contribution >= 0.6 is 0 Å². The Morgan fingerprint density at radius 2 is 1.13 bits per heavy atom. The minimum atomic E-state index is -0.396. The zero-order chi connectivity index (χ0) is 22.9. The topological polar surface area (TPSA) is 40.5 Å². The zero-order valence-electron chi connectivity index (χ0n) is 20.2. The Balaban J connectivity index is 2.85. The minimum Gasteiger partial charge on any atom is -0.507 e. The molecule has 0 aliphatic rings. The lowest BCUT2D eigenvalue weighted by Gasteiger charge is -2.29. The van der Waals surface area contributed by atoms with Crippen molar-refractivity contribution in [2.45, 2.75) is 91.9 Å². The van der Waals surface area contributed by atoms with E-state index < -0.39 is 5.92 Å².